The van der Waals surface area contributed by atoms with Gasteiger partial charge in [0.2, 0.25) is 0 Å². The topological polar surface area (TPSA) is 52.6 Å². The summed E-state index contributed by atoms with van der Waals surface area (Å²) in [6.45, 7) is 2.32. The number of guanidine groups is 1. The van der Waals surface area contributed by atoms with Crippen LogP contribution in [0.15, 0.2) is 39.2 Å². The van der Waals surface area contributed by atoms with Gasteiger partial charge in [-0.25, -0.2) is 9.37 Å². The highest BCUT2D eigenvalue weighted by molar-refractivity contribution is 14.0. The highest BCUT2D eigenvalue weighted by Gasteiger charge is 2.25. The van der Waals surface area contributed by atoms with Crippen LogP contribution in [0.5, 0.6) is 0 Å². The monoisotopic (exact) mass is 553 g/mol. The molecule has 1 aliphatic heterocycles. The summed E-state index contributed by atoms with van der Waals surface area (Å²) in [6.07, 6.45) is 3.50. The van der Waals surface area contributed by atoms with Crippen molar-refractivity contribution < 1.29 is 4.39 Å². The van der Waals surface area contributed by atoms with Crippen LogP contribution in [0, 0.1) is 5.82 Å². The maximum Gasteiger partial charge on any atom is 0.191 e. The first kappa shape index (κ1) is 21.4. The van der Waals surface area contributed by atoms with Gasteiger partial charge >= 0.3 is 0 Å². The smallest absolute Gasteiger partial charge is 0.191 e. The van der Waals surface area contributed by atoms with E-state index in [0.717, 1.165) is 35.7 Å². The lowest BCUT2D eigenvalue weighted by atomic mass is 10.3. The van der Waals surface area contributed by atoms with Crippen LogP contribution < -0.4 is 15.5 Å². The fraction of sp³-hybridized carbons (Fsp3) is 0.412. The molecule has 2 N–H and O–H groups in total. The van der Waals surface area contributed by atoms with Gasteiger partial charge in [-0.2, -0.15) is 0 Å². The summed E-state index contributed by atoms with van der Waals surface area (Å²) in [5.41, 5.74) is 0. The second-order valence-corrected chi connectivity index (χ2v) is 8.39. The molecule has 5 nitrogen and oxygen atoms in total. The third kappa shape index (κ3) is 5.78. The highest BCUT2D eigenvalue weighted by Crippen LogP contribution is 2.22. The van der Waals surface area contributed by atoms with Crippen molar-refractivity contribution in [3.63, 3.8) is 0 Å². The average molecular weight is 554 g/mol. The summed E-state index contributed by atoms with van der Waals surface area (Å²) >= 11 is 5.23. The van der Waals surface area contributed by atoms with Gasteiger partial charge < -0.3 is 15.5 Å². The molecule has 0 amide bonds. The molecule has 0 saturated carbocycles. The summed E-state index contributed by atoms with van der Waals surface area (Å²) in [7, 11) is 1.77. The van der Waals surface area contributed by atoms with E-state index in [-0.39, 0.29) is 35.8 Å². The SMILES string of the molecule is CN=C(NCCc1ccc(Br)s1)NC1CCN(c2ncccc2F)C1.I. The van der Waals surface area contributed by atoms with Gasteiger partial charge in [0.15, 0.2) is 17.6 Å². The number of nitrogens with zero attached hydrogens (tertiary/aromatic N) is 3. The molecule has 0 radical (unpaired) electrons. The predicted molar refractivity (Wildman–Crippen MR) is 120 cm³/mol. The second kappa shape index (κ2) is 10.4. The molecule has 1 fully saturated rings. The van der Waals surface area contributed by atoms with E-state index in [1.807, 2.05) is 4.90 Å². The number of pyridine rings is 1. The van der Waals surface area contributed by atoms with Crippen LogP contribution >= 0.6 is 51.2 Å². The van der Waals surface area contributed by atoms with Crippen molar-refractivity contribution in [1.82, 2.24) is 15.6 Å². The number of halogens is 3. The molecular weight excluding hydrogens is 532 g/mol. The Kier molecular flexibility index (Phi) is 8.55. The van der Waals surface area contributed by atoms with Crippen LogP contribution in [-0.4, -0.2) is 43.7 Å². The van der Waals surface area contributed by atoms with Gasteiger partial charge in [-0.05, 0) is 53.0 Å². The van der Waals surface area contributed by atoms with Gasteiger partial charge in [0.25, 0.3) is 0 Å². The minimum atomic E-state index is -0.271. The molecule has 1 saturated heterocycles. The molecule has 1 atom stereocenters. The third-order valence-corrected chi connectivity index (χ3v) is 5.77. The molecular formula is C17H22BrFIN5S. The summed E-state index contributed by atoms with van der Waals surface area (Å²) in [5.74, 6) is 0.940. The second-order valence-electron chi connectivity index (χ2n) is 5.84. The number of thiophene rings is 1. The van der Waals surface area contributed by atoms with Gasteiger partial charge in [-0.15, -0.1) is 35.3 Å². The zero-order valence-electron chi connectivity index (χ0n) is 14.4. The van der Waals surface area contributed by atoms with Crippen molar-refractivity contribution in [1.29, 1.82) is 0 Å². The third-order valence-electron chi connectivity index (χ3n) is 4.08. The number of rotatable bonds is 5. The van der Waals surface area contributed by atoms with Crippen molar-refractivity contribution in [2.45, 2.75) is 18.9 Å². The van der Waals surface area contributed by atoms with E-state index in [1.54, 1.807) is 30.6 Å². The lowest BCUT2D eigenvalue weighted by Gasteiger charge is -2.19. The summed E-state index contributed by atoms with van der Waals surface area (Å²) in [4.78, 5) is 11.7. The molecule has 26 heavy (non-hydrogen) atoms. The van der Waals surface area contributed by atoms with Gasteiger partial charge in [-0.1, -0.05) is 0 Å². The van der Waals surface area contributed by atoms with Crippen molar-refractivity contribution >= 4 is 63.0 Å². The first-order valence-electron chi connectivity index (χ1n) is 8.22. The molecule has 1 unspecified atom stereocenters. The number of hydrogen-bond donors (Lipinski definition) is 2. The molecule has 0 aliphatic carbocycles. The van der Waals surface area contributed by atoms with Crippen molar-refractivity contribution in [2.75, 3.05) is 31.6 Å². The van der Waals surface area contributed by atoms with E-state index in [1.165, 1.54) is 10.9 Å². The maximum absolute atomic E-state index is 13.9. The van der Waals surface area contributed by atoms with Gasteiger partial charge in [0.05, 0.1) is 3.79 Å². The first-order valence-corrected chi connectivity index (χ1v) is 9.83. The molecule has 2 aromatic heterocycles. The Labute approximate surface area is 182 Å². The van der Waals surface area contributed by atoms with Crippen LogP contribution in [0.1, 0.15) is 11.3 Å². The van der Waals surface area contributed by atoms with Crippen LogP contribution in [-0.2, 0) is 6.42 Å². The fourth-order valence-electron chi connectivity index (χ4n) is 2.86. The van der Waals surface area contributed by atoms with Crippen LogP contribution in [0.25, 0.3) is 0 Å². The normalized spacial score (nSPS) is 17.1. The van der Waals surface area contributed by atoms with Gasteiger partial charge in [0.1, 0.15) is 0 Å². The van der Waals surface area contributed by atoms with Gasteiger partial charge in [-0.3, -0.25) is 4.99 Å². The summed E-state index contributed by atoms with van der Waals surface area (Å²) < 4.78 is 15.0. The summed E-state index contributed by atoms with van der Waals surface area (Å²) in [6, 6.07) is 7.48. The zero-order valence-corrected chi connectivity index (χ0v) is 19.1. The van der Waals surface area contributed by atoms with Crippen molar-refractivity contribution in [2.24, 2.45) is 4.99 Å². The Hall–Kier alpha value is -0.940. The first-order chi connectivity index (χ1) is 12.2. The lowest BCUT2D eigenvalue weighted by Crippen LogP contribution is -2.45. The minimum Gasteiger partial charge on any atom is -0.356 e. The number of hydrogen-bond acceptors (Lipinski definition) is 4. The molecule has 9 heteroatoms. The number of nitrogens with one attached hydrogen (secondary N) is 2. The maximum atomic E-state index is 13.9. The molecule has 0 spiro atoms. The molecule has 0 aromatic carbocycles. The fourth-order valence-corrected chi connectivity index (χ4v) is 4.34. The Balaban J connectivity index is 0.00000243. The molecule has 3 heterocycles. The summed E-state index contributed by atoms with van der Waals surface area (Å²) in [5, 5.41) is 6.76. The van der Waals surface area contributed by atoms with Gasteiger partial charge in [0, 0.05) is 43.8 Å². The molecule has 1 aliphatic rings. The molecule has 142 valence electrons. The lowest BCUT2D eigenvalue weighted by molar-refractivity contribution is 0.612. The van der Waals surface area contributed by atoms with Crippen LogP contribution in [0.4, 0.5) is 10.2 Å². The molecule has 0 bridgehead atoms. The van der Waals surface area contributed by atoms with E-state index < -0.39 is 0 Å². The van der Waals surface area contributed by atoms with Crippen molar-refractivity contribution in [3.05, 3.63) is 44.9 Å². The Morgan fingerprint density at radius 3 is 3.00 bits per heavy atom. The van der Waals surface area contributed by atoms with Crippen molar-refractivity contribution in [3.8, 4) is 0 Å². The standard InChI is InChI=1S/C17H21BrFN5S.HI/c1-20-17(22-9-6-13-4-5-15(18)25-13)23-12-7-10-24(11-12)16-14(19)3-2-8-21-16;/h2-5,8,12H,6-7,9-11H2,1H3,(H2,20,22,23);1H. The average Bonchev–Trinajstić information content (AvgIpc) is 3.23. The number of anilines is 1. The van der Waals surface area contributed by atoms with E-state index >= 15 is 0 Å². The van der Waals surface area contributed by atoms with E-state index in [0.29, 0.717) is 12.4 Å². The number of aliphatic imine (C=N–C) groups is 1. The zero-order chi connectivity index (χ0) is 17.6. The van der Waals surface area contributed by atoms with E-state index in [2.05, 4.69) is 48.7 Å². The van der Waals surface area contributed by atoms with Crippen LogP contribution in [0.2, 0.25) is 0 Å². The minimum absolute atomic E-state index is 0. The molecule has 2 aromatic rings. The van der Waals surface area contributed by atoms with E-state index in [4.69, 9.17) is 0 Å². The Morgan fingerprint density at radius 2 is 2.31 bits per heavy atom. The van der Waals surface area contributed by atoms with E-state index in [9.17, 15) is 4.39 Å². The quantitative estimate of drug-likeness (QED) is 0.337. The molecule has 3 rings (SSSR count). The Morgan fingerprint density at radius 1 is 1.46 bits per heavy atom. The predicted octanol–water partition coefficient (Wildman–Crippen LogP) is 3.65. The Bertz CT molecular complexity index is 741. The largest absolute Gasteiger partial charge is 0.356 e. The number of aromatic nitrogens is 1. The highest BCUT2D eigenvalue weighted by atomic mass is 127. The van der Waals surface area contributed by atoms with Crippen LogP contribution in [0.3, 0.4) is 0 Å².